The third-order valence-electron chi connectivity index (χ3n) is 6.57. The molecule has 0 unspecified atom stereocenters. The number of nitrogens with zero attached hydrogens (tertiary/aromatic N) is 7. The van der Waals surface area contributed by atoms with Crippen molar-refractivity contribution in [2.24, 2.45) is 0 Å². The Morgan fingerprint density at radius 3 is 2.47 bits per heavy atom. The average molecular weight is 460 g/mol. The van der Waals surface area contributed by atoms with Gasteiger partial charge in [-0.25, -0.2) is 19.3 Å². The minimum Gasteiger partial charge on any atom is -0.341 e. The fourth-order valence-corrected chi connectivity index (χ4v) is 4.50. The summed E-state index contributed by atoms with van der Waals surface area (Å²) in [7, 11) is 0. The van der Waals surface area contributed by atoms with Gasteiger partial charge in [-0.1, -0.05) is 6.92 Å². The lowest BCUT2D eigenvalue weighted by atomic mass is 10.0. The molecule has 2 fully saturated rings. The van der Waals surface area contributed by atoms with Crippen LogP contribution >= 0.6 is 0 Å². The van der Waals surface area contributed by atoms with Gasteiger partial charge in [0.25, 0.3) is 5.91 Å². The van der Waals surface area contributed by atoms with E-state index in [9.17, 15) is 9.18 Å². The third kappa shape index (κ3) is 4.36. The number of amides is 1. The first-order valence-electron chi connectivity index (χ1n) is 11.7. The van der Waals surface area contributed by atoms with Crippen LogP contribution in [0.1, 0.15) is 54.2 Å². The van der Waals surface area contributed by atoms with Crippen LogP contribution in [0.15, 0.2) is 43.1 Å². The van der Waals surface area contributed by atoms with Gasteiger partial charge < -0.3 is 14.4 Å². The number of hydrogen-bond acceptors (Lipinski definition) is 6. The van der Waals surface area contributed by atoms with E-state index in [4.69, 9.17) is 5.26 Å². The molecule has 2 aliphatic rings. The van der Waals surface area contributed by atoms with Crippen LogP contribution in [0.5, 0.6) is 0 Å². The Morgan fingerprint density at radius 1 is 1.15 bits per heavy atom. The summed E-state index contributed by atoms with van der Waals surface area (Å²) in [6.45, 7) is 3.66. The quantitative estimate of drug-likeness (QED) is 0.560. The summed E-state index contributed by atoms with van der Waals surface area (Å²) in [5, 5.41) is 8.95. The van der Waals surface area contributed by atoms with Crippen molar-refractivity contribution in [1.82, 2.24) is 24.4 Å². The number of anilines is 1. The van der Waals surface area contributed by atoms with Crippen LogP contribution in [0, 0.1) is 17.1 Å². The highest BCUT2D eigenvalue weighted by molar-refractivity contribution is 5.93. The molecule has 0 bridgehead atoms. The van der Waals surface area contributed by atoms with Gasteiger partial charge in [0.15, 0.2) is 0 Å². The van der Waals surface area contributed by atoms with Crippen LogP contribution in [0.2, 0.25) is 0 Å². The molecule has 1 saturated heterocycles. The van der Waals surface area contributed by atoms with E-state index in [2.05, 4.69) is 26.8 Å². The van der Waals surface area contributed by atoms with Crippen molar-refractivity contribution in [3.05, 3.63) is 65.8 Å². The molecule has 1 amide bonds. The maximum absolute atomic E-state index is 14.4. The molecule has 34 heavy (non-hydrogen) atoms. The number of aromatic nitrogens is 4. The molecule has 9 heteroatoms. The van der Waals surface area contributed by atoms with Crippen molar-refractivity contribution < 1.29 is 9.18 Å². The summed E-state index contributed by atoms with van der Waals surface area (Å²) in [4.78, 5) is 30.9. The van der Waals surface area contributed by atoms with Gasteiger partial charge in [0.2, 0.25) is 5.95 Å². The number of halogens is 1. The summed E-state index contributed by atoms with van der Waals surface area (Å²) < 4.78 is 15.9. The normalized spacial score (nSPS) is 16.3. The van der Waals surface area contributed by atoms with E-state index < -0.39 is 5.82 Å². The Hall–Kier alpha value is -3.80. The molecule has 1 aliphatic carbocycles. The number of hydrogen-bond donors (Lipinski definition) is 0. The standard InChI is InChI=1S/C25H26FN7O/c1-2-17-13-28-25(29-14-17)31-9-7-20(8-10-31)33(19-4-5-19)24(34)22-15-32(16-30-22)23-6-3-18(12-27)11-21(23)26/h3,6,11,13-16,19-20H,2,4-5,7-10H2,1H3. The van der Waals surface area contributed by atoms with E-state index in [0.29, 0.717) is 5.69 Å². The zero-order chi connectivity index (χ0) is 23.7. The van der Waals surface area contributed by atoms with Gasteiger partial charge in [0, 0.05) is 43.8 Å². The van der Waals surface area contributed by atoms with Crippen LogP contribution in [-0.4, -0.2) is 55.5 Å². The zero-order valence-electron chi connectivity index (χ0n) is 19.1. The first-order valence-corrected chi connectivity index (χ1v) is 11.7. The second kappa shape index (κ2) is 9.21. The van der Waals surface area contributed by atoms with Crippen LogP contribution in [0.4, 0.5) is 10.3 Å². The molecule has 0 N–H and O–H groups in total. The summed E-state index contributed by atoms with van der Waals surface area (Å²) >= 11 is 0. The van der Waals surface area contributed by atoms with E-state index in [1.807, 2.05) is 23.4 Å². The molecule has 174 valence electrons. The summed E-state index contributed by atoms with van der Waals surface area (Å²) in [5.41, 5.74) is 1.92. The van der Waals surface area contributed by atoms with E-state index in [1.165, 1.54) is 23.0 Å². The number of rotatable bonds is 6. The van der Waals surface area contributed by atoms with Crippen molar-refractivity contribution in [2.45, 2.75) is 51.1 Å². The Kier molecular flexibility index (Phi) is 5.97. The molecule has 3 heterocycles. The minimum absolute atomic E-state index is 0.114. The Balaban J connectivity index is 1.29. The lowest BCUT2D eigenvalue weighted by Gasteiger charge is -2.38. The number of imidazole rings is 1. The van der Waals surface area contributed by atoms with Gasteiger partial charge in [-0.3, -0.25) is 4.79 Å². The van der Waals surface area contributed by atoms with E-state index in [0.717, 1.165) is 56.7 Å². The second-order valence-electron chi connectivity index (χ2n) is 8.85. The first kappa shape index (κ1) is 22.0. The molecular formula is C25H26FN7O. The second-order valence-corrected chi connectivity index (χ2v) is 8.85. The molecule has 1 aromatic carbocycles. The number of nitriles is 1. The van der Waals surface area contributed by atoms with Crippen molar-refractivity contribution in [2.75, 3.05) is 18.0 Å². The Labute approximate surface area is 197 Å². The van der Waals surface area contributed by atoms with E-state index in [1.54, 1.807) is 12.3 Å². The molecule has 1 saturated carbocycles. The fraction of sp³-hybridized carbons (Fsp3) is 0.400. The van der Waals surface area contributed by atoms with E-state index >= 15 is 0 Å². The number of benzene rings is 1. The molecule has 8 nitrogen and oxygen atoms in total. The molecule has 0 atom stereocenters. The molecule has 1 aliphatic heterocycles. The van der Waals surface area contributed by atoms with Gasteiger partial charge in [-0.05, 0) is 55.9 Å². The molecule has 5 rings (SSSR count). The minimum atomic E-state index is -0.531. The van der Waals surface area contributed by atoms with Crippen molar-refractivity contribution in [3.8, 4) is 11.8 Å². The molecule has 3 aromatic rings. The Morgan fingerprint density at radius 2 is 1.85 bits per heavy atom. The zero-order valence-corrected chi connectivity index (χ0v) is 19.1. The van der Waals surface area contributed by atoms with Gasteiger partial charge in [0.05, 0.1) is 17.3 Å². The smallest absolute Gasteiger partial charge is 0.274 e. The molecule has 2 aromatic heterocycles. The van der Waals surface area contributed by atoms with Crippen molar-refractivity contribution in [1.29, 1.82) is 5.26 Å². The van der Waals surface area contributed by atoms with Crippen LogP contribution in [0.25, 0.3) is 5.69 Å². The van der Waals surface area contributed by atoms with Gasteiger partial charge in [0.1, 0.15) is 17.8 Å². The average Bonchev–Trinajstić information content (AvgIpc) is 3.59. The number of carbonyl (C=O) groups excluding carboxylic acids is 1. The first-order chi connectivity index (χ1) is 16.6. The van der Waals surface area contributed by atoms with Crippen LogP contribution < -0.4 is 4.90 Å². The third-order valence-corrected chi connectivity index (χ3v) is 6.57. The van der Waals surface area contributed by atoms with E-state index in [-0.39, 0.29) is 29.2 Å². The van der Waals surface area contributed by atoms with Crippen LogP contribution in [-0.2, 0) is 6.42 Å². The summed E-state index contributed by atoms with van der Waals surface area (Å²) in [5.74, 6) is 0.0940. The number of piperidine rings is 1. The number of carbonyl (C=O) groups is 1. The fourth-order valence-electron chi connectivity index (χ4n) is 4.50. The highest BCUT2D eigenvalue weighted by Gasteiger charge is 2.40. The van der Waals surface area contributed by atoms with Crippen molar-refractivity contribution >= 4 is 11.9 Å². The van der Waals surface area contributed by atoms with Gasteiger partial charge in [-0.2, -0.15) is 5.26 Å². The van der Waals surface area contributed by atoms with Crippen LogP contribution in [0.3, 0.4) is 0 Å². The van der Waals surface area contributed by atoms with Crippen molar-refractivity contribution in [3.63, 3.8) is 0 Å². The monoisotopic (exact) mass is 459 g/mol. The lowest BCUT2D eigenvalue weighted by Crippen LogP contribution is -2.49. The Bertz CT molecular complexity index is 1220. The maximum Gasteiger partial charge on any atom is 0.274 e. The SMILES string of the molecule is CCc1cnc(N2CCC(N(C(=O)c3cn(-c4ccc(C#N)cc4F)cn3)C3CC3)CC2)nc1. The predicted octanol–water partition coefficient (Wildman–Crippen LogP) is 3.51. The van der Waals surface area contributed by atoms with Gasteiger partial charge >= 0.3 is 0 Å². The predicted molar refractivity (Wildman–Crippen MR) is 124 cm³/mol. The topological polar surface area (TPSA) is 90.9 Å². The number of aryl methyl sites for hydroxylation is 1. The molecule has 0 radical (unpaired) electrons. The lowest BCUT2D eigenvalue weighted by molar-refractivity contribution is 0.0624. The van der Waals surface area contributed by atoms with Gasteiger partial charge in [-0.15, -0.1) is 0 Å². The summed E-state index contributed by atoms with van der Waals surface area (Å²) in [6, 6.07) is 6.53. The molecular weight excluding hydrogens is 433 g/mol. The molecule has 0 spiro atoms. The summed E-state index contributed by atoms with van der Waals surface area (Å²) in [6.07, 6.45) is 11.4. The maximum atomic E-state index is 14.4. The highest BCUT2D eigenvalue weighted by Crippen LogP contribution is 2.33. The largest absolute Gasteiger partial charge is 0.341 e. The highest BCUT2D eigenvalue weighted by atomic mass is 19.1.